The SMILES string of the molecule is Nc1cc(O)cc2ccc(-c3cc(O)c4cc(-c5cc(N)c6cccc(O)c6c5)ccc4c3N)cc12. The van der Waals surface area contributed by atoms with Gasteiger partial charge in [0, 0.05) is 55.6 Å². The Hall–Kier alpha value is -5.10. The Morgan fingerprint density at radius 2 is 1.17 bits per heavy atom. The first-order chi connectivity index (χ1) is 17.3. The number of hydrogen-bond donors (Lipinski definition) is 6. The average molecular weight is 474 g/mol. The summed E-state index contributed by atoms with van der Waals surface area (Å²) in [4.78, 5) is 0. The Bertz CT molecular complexity index is 1860. The van der Waals surface area contributed by atoms with Gasteiger partial charge < -0.3 is 32.5 Å². The van der Waals surface area contributed by atoms with E-state index in [1.165, 1.54) is 6.07 Å². The standard InChI is InChI=1S/C30H23N3O3/c31-26-12-18(11-24-20(26)2-1-3-28(24)35)15-6-7-21-25(9-15)29(36)14-23(30(21)33)17-5-4-16-8-19(34)13-27(32)22(16)10-17/h1-14,34-36H,31-33H2. The van der Waals surface area contributed by atoms with Gasteiger partial charge in [-0.05, 0) is 64.5 Å². The Balaban J connectivity index is 1.51. The molecule has 6 heteroatoms. The van der Waals surface area contributed by atoms with E-state index in [0.29, 0.717) is 38.8 Å². The van der Waals surface area contributed by atoms with Crippen LogP contribution in [0, 0.1) is 0 Å². The van der Waals surface area contributed by atoms with E-state index in [1.54, 1.807) is 24.3 Å². The Kier molecular flexibility index (Phi) is 4.59. The third-order valence-corrected chi connectivity index (χ3v) is 6.78. The van der Waals surface area contributed by atoms with Crippen LogP contribution < -0.4 is 17.2 Å². The molecule has 0 aliphatic carbocycles. The number of phenols is 3. The fourth-order valence-electron chi connectivity index (χ4n) is 4.95. The second kappa shape index (κ2) is 7.71. The molecule has 6 nitrogen and oxygen atoms in total. The van der Waals surface area contributed by atoms with Crippen LogP contribution in [0.4, 0.5) is 17.1 Å². The van der Waals surface area contributed by atoms with Crippen molar-refractivity contribution >= 4 is 49.4 Å². The molecule has 6 aromatic rings. The predicted octanol–water partition coefficient (Wildman–Crippen LogP) is 6.34. The van der Waals surface area contributed by atoms with E-state index < -0.39 is 0 Å². The van der Waals surface area contributed by atoms with E-state index in [-0.39, 0.29) is 17.2 Å². The molecule has 0 aliphatic heterocycles. The number of nitrogen functional groups attached to an aromatic ring is 3. The van der Waals surface area contributed by atoms with Gasteiger partial charge in [0.25, 0.3) is 0 Å². The predicted molar refractivity (Wildman–Crippen MR) is 148 cm³/mol. The molecule has 36 heavy (non-hydrogen) atoms. The van der Waals surface area contributed by atoms with Gasteiger partial charge in [-0.1, -0.05) is 36.4 Å². The molecule has 0 amide bonds. The van der Waals surface area contributed by atoms with E-state index in [0.717, 1.165) is 32.8 Å². The van der Waals surface area contributed by atoms with Crippen molar-refractivity contribution in [1.29, 1.82) is 0 Å². The minimum absolute atomic E-state index is 0.0893. The minimum atomic E-state index is 0.0893. The highest BCUT2D eigenvalue weighted by Crippen LogP contribution is 2.42. The van der Waals surface area contributed by atoms with Crippen molar-refractivity contribution in [2.75, 3.05) is 17.2 Å². The molecule has 0 aromatic heterocycles. The van der Waals surface area contributed by atoms with Crippen LogP contribution in [0.3, 0.4) is 0 Å². The van der Waals surface area contributed by atoms with Crippen LogP contribution in [-0.4, -0.2) is 15.3 Å². The molecule has 0 aliphatic rings. The first-order valence-corrected chi connectivity index (χ1v) is 11.4. The maximum Gasteiger partial charge on any atom is 0.124 e. The van der Waals surface area contributed by atoms with Gasteiger partial charge in [0.05, 0.1) is 0 Å². The van der Waals surface area contributed by atoms with E-state index in [4.69, 9.17) is 17.2 Å². The van der Waals surface area contributed by atoms with Crippen LogP contribution >= 0.6 is 0 Å². The maximum atomic E-state index is 11.0. The normalized spacial score (nSPS) is 11.4. The molecule has 0 spiro atoms. The van der Waals surface area contributed by atoms with Crippen molar-refractivity contribution in [3.05, 3.63) is 84.9 Å². The van der Waals surface area contributed by atoms with E-state index in [2.05, 4.69) is 0 Å². The number of aromatic hydroxyl groups is 3. The second-order valence-electron chi connectivity index (χ2n) is 9.03. The summed E-state index contributed by atoms with van der Waals surface area (Å²) in [7, 11) is 0. The number of fused-ring (bicyclic) bond motifs is 3. The Morgan fingerprint density at radius 1 is 0.472 bits per heavy atom. The summed E-state index contributed by atoms with van der Waals surface area (Å²) in [6.45, 7) is 0. The Labute approximate surface area is 206 Å². The fourth-order valence-corrected chi connectivity index (χ4v) is 4.95. The molecular formula is C30H23N3O3. The molecule has 0 fully saturated rings. The van der Waals surface area contributed by atoms with Gasteiger partial charge in [-0.3, -0.25) is 0 Å². The van der Waals surface area contributed by atoms with Crippen molar-refractivity contribution < 1.29 is 15.3 Å². The molecule has 6 rings (SSSR count). The molecular weight excluding hydrogens is 450 g/mol. The second-order valence-corrected chi connectivity index (χ2v) is 9.03. The summed E-state index contributed by atoms with van der Waals surface area (Å²) in [6, 6.07) is 25.1. The maximum absolute atomic E-state index is 11.0. The third-order valence-electron chi connectivity index (χ3n) is 6.78. The van der Waals surface area contributed by atoms with Crippen LogP contribution in [0.15, 0.2) is 84.9 Å². The van der Waals surface area contributed by atoms with Gasteiger partial charge in [0.1, 0.15) is 17.2 Å². The lowest BCUT2D eigenvalue weighted by Gasteiger charge is -2.15. The number of benzene rings is 6. The summed E-state index contributed by atoms with van der Waals surface area (Å²) in [5.41, 5.74) is 23.7. The lowest BCUT2D eigenvalue weighted by atomic mass is 9.93. The molecule has 0 heterocycles. The quantitative estimate of drug-likeness (QED) is 0.128. The van der Waals surface area contributed by atoms with Gasteiger partial charge in [-0.2, -0.15) is 0 Å². The topological polar surface area (TPSA) is 139 Å². The average Bonchev–Trinajstić information content (AvgIpc) is 2.86. The number of nitrogens with two attached hydrogens (primary N) is 3. The molecule has 0 unspecified atom stereocenters. The van der Waals surface area contributed by atoms with Gasteiger partial charge in [0.15, 0.2) is 0 Å². The van der Waals surface area contributed by atoms with Crippen LogP contribution in [0.2, 0.25) is 0 Å². The fraction of sp³-hybridized carbons (Fsp3) is 0. The largest absolute Gasteiger partial charge is 0.508 e. The van der Waals surface area contributed by atoms with E-state index >= 15 is 0 Å². The van der Waals surface area contributed by atoms with Crippen molar-refractivity contribution in [3.63, 3.8) is 0 Å². The van der Waals surface area contributed by atoms with Crippen LogP contribution in [0.1, 0.15) is 0 Å². The minimum Gasteiger partial charge on any atom is -0.508 e. The zero-order chi connectivity index (χ0) is 25.1. The van der Waals surface area contributed by atoms with Crippen molar-refractivity contribution in [2.24, 2.45) is 0 Å². The summed E-state index contributed by atoms with van der Waals surface area (Å²) >= 11 is 0. The van der Waals surface area contributed by atoms with Gasteiger partial charge >= 0.3 is 0 Å². The summed E-state index contributed by atoms with van der Waals surface area (Å²) in [5, 5.41) is 35.5. The van der Waals surface area contributed by atoms with Crippen molar-refractivity contribution in [3.8, 4) is 39.5 Å². The number of anilines is 3. The molecule has 0 atom stereocenters. The van der Waals surface area contributed by atoms with Crippen molar-refractivity contribution in [2.45, 2.75) is 0 Å². The van der Waals surface area contributed by atoms with Gasteiger partial charge in [0.2, 0.25) is 0 Å². The number of hydrogen-bond acceptors (Lipinski definition) is 6. The lowest BCUT2D eigenvalue weighted by molar-refractivity contribution is 0.476. The first kappa shape index (κ1) is 21.4. The zero-order valence-electron chi connectivity index (χ0n) is 19.2. The van der Waals surface area contributed by atoms with Crippen LogP contribution in [-0.2, 0) is 0 Å². The molecule has 0 radical (unpaired) electrons. The summed E-state index contributed by atoms with van der Waals surface area (Å²) in [5.74, 6) is 0.353. The third kappa shape index (κ3) is 3.27. The molecule has 176 valence electrons. The highest BCUT2D eigenvalue weighted by molar-refractivity contribution is 6.07. The molecule has 0 bridgehead atoms. The summed E-state index contributed by atoms with van der Waals surface area (Å²) < 4.78 is 0. The monoisotopic (exact) mass is 473 g/mol. The first-order valence-electron chi connectivity index (χ1n) is 11.4. The molecule has 0 saturated carbocycles. The Morgan fingerprint density at radius 3 is 2.00 bits per heavy atom. The van der Waals surface area contributed by atoms with E-state index in [9.17, 15) is 15.3 Å². The van der Waals surface area contributed by atoms with Crippen LogP contribution in [0.5, 0.6) is 17.2 Å². The smallest absolute Gasteiger partial charge is 0.124 e. The highest BCUT2D eigenvalue weighted by atomic mass is 16.3. The molecule has 0 saturated heterocycles. The molecule has 9 N–H and O–H groups in total. The van der Waals surface area contributed by atoms with Gasteiger partial charge in [-0.15, -0.1) is 0 Å². The number of rotatable bonds is 2. The number of phenolic OH excluding ortho intramolecular Hbond substituents is 3. The lowest BCUT2D eigenvalue weighted by Crippen LogP contribution is -1.94. The van der Waals surface area contributed by atoms with Crippen LogP contribution in [0.25, 0.3) is 54.6 Å². The zero-order valence-corrected chi connectivity index (χ0v) is 19.2. The van der Waals surface area contributed by atoms with E-state index in [1.807, 2.05) is 54.6 Å². The highest BCUT2D eigenvalue weighted by Gasteiger charge is 2.15. The van der Waals surface area contributed by atoms with Crippen molar-refractivity contribution in [1.82, 2.24) is 0 Å². The van der Waals surface area contributed by atoms with Gasteiger partial charge in [-0.25, -0.2) is 0 Å². The summed E-state index contributed by atoms with van der Waals surface area (Å²) in [6.07, 6.45) is 0. The molecule has 6 aromatic carbocycles.